The number of fused-ring (bicyclic) bond motifs is 1. The Balaban J connectivity index is 1.80. The molecule has 2 aliphatic heterocycles. The van der Waals surface area contributed by atoms with E-state index in [1.54, 1.807) is 4.57 Å². The molecule has 0 spiro atoms. The molecule has 0 aromatic carbocycles. The molecule has 28 heavy (non-hydrogen) atoms. The van der Waals surface area contributed by atoms with Crippen molar-refractivity contribution in [1.29, 1.82) is 0 Å². The summed E-state index contributed by atoms with van der Waals surface area (Å²) in [4.78, 5) is 30.8. The van der Waals surface area contributed by atoms with Crippen molar-refractivity contribution in [3.63, 3.8) is 0 Å². The quantitative estimate of drug-likeness (QED) is 0.777. The summed E-state index contributed by atoms with van der Waals surface area (Å²) in [6.45, 7) is 11.8. The number of rotatable bonds is 5. The van der Waals surface area contributed by atoms with Crippen LogP contribution in [0.15, 0.2) is 10.9 Å². The summed E-state index contributed by atoms with van der Waals surface area (Å²) >= 11 is 0. The van der Waals surface area contributed by atoms with E-state index in [1.807, 2.05) is 31.9 Å². The van der Waals surface area contributed by atoms with E-state index in [4.69, 9.17) is 0 Å². The first kappa shape index (κ1) is 21.1. The van der Waals surface area contributed by atoms with E-state index in [1.165, 1.54) is 45.2 Å². The fourth-order valence-electron chi connectivity index (χ4n) is 5.20. The van der Waals surface area contributed by atoms with Gasteiger partial charge in [0.05, 0.1) is 0 Å². The predicted octanol–water partition coefficient (Wildman–Crippen LogP) is 3.46. The van der Waals surface area contributed by atoms with Crippen molar-refractivity contribution in [2.24, 2.45) is 11.8 Å². The van der Waals surface area contributed by atoms with Gasteiger partial charge >= 0.3 is 0 Å². The van der Waals surface area contributed by atoms with Gasteiger partial charge in [0.2, 0.25) is 0 Å². The zero-order chi connectivity index (χ0) is 20.4. The lowest BCUT2D eigenvalue weighted by atomic mass is 9.83. The molecule has 5 heteroatoms. The monoisotopic (exact) mass is 387 g/mol. The highest BCUT2D eigenvalue weighted by molar-refractivity contribution is 5.95. The summed E-state index contributed by atoms with van der Waals surface area (Å²) < 4.78 is 1.77. The molecule has 2 fully saturated rings. The maximum absolute atomic E-state index is 13.3. The molecule has 2 saturated heterocycles. The number of aryl methyl sites for hydroxylation is 2. The van der Waals surface area contributed by atoms with Gasteiger partial charge in [-0.3, -0.25) is 9.59 Å². The molecule has 5 nitrogen and oxygen atoms in total. The second kappa shape index (κ2) is 8.81. The van der Waals surface area contributed by atoms with Crippen LogP contribution in [0.5, 0.6) is 0 Å². The number of carbonyl (C=O) groups excluding carboxylic acids is 1. The number of aromatic nitrogens is 1. The summed E-state index contributed by atoms with van der Waals surface area (Å²) in [7, 11) is 1.87. The van der Waals surface area contributed by atoms with Crippen molar-refractivity contribution in [3.8, 4) is 0 Å². The highest BCUT2D eigenvalue weighted by atomic mass is 16.2. The third kappa shape index (κ3) is 4.35. The molecule has 2 atom stereocenters. The summed E-state index contributed by atoms with van der Waals surface area (Å²) in [5.74, 6) is 0.763. The van der Waals surface area contributed by atoms with E-state index in [0.717, 1.165) is 17.8 Å². The summed E-state index contributed by atoms with van der Waals surface area (Å²) in [5.41, 5.74) is 1.94. The lowest BCUT2D eigenvalue weighted by Gasteiger charge is -2.45. The van der Waals surface area contributed by atoms with Crippen molar-refractivity contribution in [1.82, 2.24) is 14.4 Å². The zero-order valence-electron chi connectivity index (χ0n) is 18.3. The molecule has 0 radical (unpaired) electrons. The number of piperidine rings is 2. The SMILES string of the molecule is Cc1cc(C)n(CC(C)C)c(=O)c1C(=O)N(C)C[C@H]1CCCN2CCCC[C@@H]12. The average molecular weight is 388 g/mol. The third-order valence-electron chi connectivity index (χ3n) is 6.55. The number of hydrogen-bond acceptors (Lipinski definition) is 3. The molecule has 3 rings (SSSR count). The van der Waals surface area contributed by atoms with Crippen molar-refractivity contribution in [2.45, 2.75) is 72.4 Å². The van der Waals surface area contributed by atoms with Crippen LogP contribution in [0.25, 0.3) is 0 Å². The Morgan fingerprint density at radius 2 is 1.89 bits per heavy atom. The van der Waals surface area contributed by atoms with Crippen LogP contribution >= 0.6 is 0 Å². The molecule has 1 aromatic rings. The van der Waals surface area contributed by atoms with E-state index < -0.39 is 0 Å². The standard InChI is InChI=1S/C23H37N3O2/c1-16(2)14-26-18(4)13-17(3)21(23(26)28)22(27)24(5)15-19-9-8-12-25-11-7-6-10-20(19)25/h13,16,19-20H,6-12,14-15H2,1-5H3/t19-,20+/m1/s1. The second-order valence-electron chi connectivity index (χ2n) is 9.34. The van der Waals surface area contributed by atoms with E-state index in [9.17, 15) is 9.59 Å². The predicted molar refractivity (Wildman–Crippen MR) is 114 cm³/mol. The molecule has 0 N–H and O–H groups in total. The molecule has 1 amide bonds. The molecular formula is C23H37N3O2. The molecule has 3 heterocycles. The maximum Gasteiger partial charge on any atom is 0.263 e. The molecule has 156 valence electrons. The Hall–Kier alpha value is -1.62. The van der Waals surface area contributed by atoms with Crippen LogP contribution in [-0.4, -0.2) is 53.0 Å². The van der Waals surface area contributed by atoms with Crippen molar-refractivity contribution >= 4 is 5.91 Å². The molecule has 2 aliphatic rings. The molecule has 0 saturated carbocycles. The van der Waals surface area contributed by atoms with E-state index >= 15 is 0 Å². The normalized spacial score (nSPS) is 22.9. The van der Waals surface area contributed by atoms with Crippen LogP contribution in [0.4, 0.5) is 0 Å². The Morgan fingerprint density at radius 1 is 1.18 bits per heavy atom. The van der Waals surface area contributed by atoms with Crippen LogP contribution in [0.2, 0.25) is 0 Å². The minimum absolute atomic E-state index is 0.118. The van der Waals surface area contributed by atoms with Crippen LogP contribution in [-0.2, 0) is 6.54 Å². The second-order valence-corrected chi connectivity index (χ2v) is 9.34. The number of nitrogens with zero attached hydrogens (tertiary/aromatic N) is 3. The van der Waals surface area contributed by atoms with Gasteiger partial charge in [0.1, 0.15) is 5.56 Å². The Bertz CT molecular complexity index is 766. The van der Waals surface area contributed by atoms with E-state index in [2.05, 4.69) is 18.7 Å². The molecule has 1 aromatic heterocycles. The van der Waals surface area contributed by atoms with Crippen molar-refractivity contribution < 1.29 is 4.79 Å². The van der Waals surface area contributed by atoms with Gasteiger partial charge in [-0.1, -0.05) is 20.3 Å². The Kier molecular flexibility index (Phi) is 6.64. The lowest BCUT2D eigenvalue weighted by molar-refractivity contribution is 0.0402. The minimum atomic E-state index is -0.133. The van der Waals surface area contributed by atoms with Gasteiger partial charge in [-0.15, -0.1) is 0 Å². The van der Waals surface area contributed by atoms with Crippen molar-refractivity contribution in [2.75, 3.05) is 26.7 Å². The highest BCUT2D eigenvalue weighted by Crippen LogP contribution is 2.31. The first-order valence-electron chi connectivity index (χ1n) is 11.0. The summed E-state index contributed by atoms with van der Waals surface area (Å²) in [5, 5.41) is 0. The number of carbonyl (C=O) groups is 1. The van der Waals surface area contributed by atoms with Gasteiger partial charge in [0, 0.05) is 31.9 Å². The number of pyridine rings is 1. The van der Waals surface area contributed by atoms with Gasteiger partial charge in [0.25, 0.3) is 11.5 Å². The van der Waals surface area contributed by atoms with Crippen LogP contribution in [0.3, 0.4) is 0 Å². The molecule has 0 bridgehead atoms. The van der Waals surface area contributed by atoms with Crippen LogP contribution in [0, 0.1) is 25.7 Å². The zero-order valence-corrected chi connectivity index (χ0v) is 18.3. The van der Waals surface area contributed by atoms with E-state index in [0.29, 0.717) is 30.0 Å². The molecular weight excluding hydrogens is 350 g/mol. The molecule has 0 unspecified atom stereocenters. The van der Waals surface area contributed by atoms with Gasteiger partial charge in [-0.2, -0.15) is 0 Å². The van der Waals surface area contributed by atoms with Gasteiger partial charge in [-0.25, -0.2) is 0 Å². The molecule has 0 aliphatic carbocycles. The van der Waals surface area contributed by atoms with Gasteiger partial charge in [-0.05, 0) is 76.1 Å². The summed E-state index contributed by atoms with van der Waals surface area (Å²) in [6, 6.07) is 2.59. The number of hydrogen-bond donors (Lipinski definition) is 0. The van der Waals surface area contributed by atoms with Crippen LogP contribution in [0.1, 0.15) is 67.6 Å². The van der Waals surface area contributed by atoms with Gasteiger partial charge in [0.15, 0.2) is 0 Å². The minimum Gasteiger partial charge on any atom is -0.341 e. The number of amides is 1. The smallest absolute Gasteiger partial charge is 0.263 e. The maximum atomic E-state index is 13.3. The first-order chi connectivity index (χ1) is 13.3. The highest BCUT2D eigenvalue weighted by Gasteiger charge is 2.34. The Labute approximate surface area is 169 Å². The third-order valence-corrected chi connectivity index (χ3v) is 6.55. The first-order valence-corrected chi connectivity index (χ1v) is 11.0. The van der Waals surface area contributed by atoms with Gasteiger partial charge < -0.3 is 14.4 Å². The fraction of sp³-hybridized carbons (Fsp3) is 0.739. The largest absolute Gasteiger partial charge is 0.341 e. The van der Waals surface area contributed by atoms with E-state index in [-0.39, 0.29) is 11.5 Å². The fourth-order valence-corrected chi connectivity index (χ4v) is 5.20. The van der Waals surface area contributed by atoms with Crippen molar-refractivity contribution in [3.05, 3.63) is 33.2 Å². The Morgan fingerprint density at radius 3 is 2.61 bits per heavy atom. The summed E-state index contributed by atoms with van der Waals surface area (Å²) in [6.07, 6.45) is 6.25. The topological polar surface area (TPSA) is 45.6 Å². The lowest BCUT2D eigenvalue weighted by Crippen LogP contribution is -2.51. The van der Waals surface area contributed by atoms with Crippen LogP contribution < -0.4 is 5.56 Å². The average Bonchev–Trinajstić information content (AvgIpc) is 2.65.